The summed E-state index contributed by atoms with van der Waals surface area (Å²) < 4.78 is 4.61. The Balaban J connectivity index is 1.67. The molecule has 1 saturated carbocycles. The highest BCUT2D eigenvalue weighted by molar-refractivity contribution is 9.10. The highest BCUT2D eigenvalue weighted by atomic mass is 79.9. The van der Waals surface area contributed by atoms with Gasteiger partial charge >= 0.3 is 0 Å². The third kappa shape index (κ3) is 3.09. The van der Waals surface area contributed by atoms with Gasteiger partial charge in [-0.3, -0.25) is 9.48 Å². The molecule has 1 aliphatic rings. The molecule has 0 unspecified atom stereocenters. The van der Waals surface area contributed by atoms with Gasteiger partial charge in [0, 0.05) is 12.2 Å². The molecule has 0 radical (unpaired) electrons. The Bertz CT molecular complexity index is 684. The van der Waals surface area contributed by atoms with E-state index in [0.717, 1.165) is 28.7 Å². The third-order valence-corrected chi connectivity index (χ3v) is 5.28. The Kier molecular flexibility index (Phi) is 4.33. The summed E-state index contributed by atoms with van der Waals surface area (Å²) in [6.07, 6.45) is 6.37. The summed E-state index contributed by atoms with van der Waals surface area (Å²) >= 11 is 3.51. The zero-order valence-corrected chi connectivity index (χ0v) is 14.4. The molecule has 3 rings (SSSR count). The van der Waals surface area contributed by atoms with Crippen LogP contribution < -0.4 is 5.32 Å². The van der Waals surface area contributed by atoms with Gasteiger partial charge in [-0.25, -0.2) is 4.68 Å². The van der Waals surface area contributed by atoms with Crippen LogP contribution in [0.25, 0.3) is 0 Å². The standard InChI is InChI=1S/C15H20BrN5O/c1-10-14(16)11(2)21(18-10)9-20-8-7-13(19-20)15(22)17-12-5-3-4-6-12/h7-8,12H,3-6,9H2,1-2H3,(H,17,22). The Hall–Kier alpha value is -1.63. The van der Waals surface area contributed by atoms with Crippen molar-refractivity contribution in [2.45, 2.75) is 52.2 Å². The third-order valence-electron chi connectivity index (χ3n) is 4.14. The highest BCUT2D eigenvalue weighted by Gasteiger charge is 2.19. The predicted molar refractivity (Wildman–Crippen MR) is 86.7 cm³/mol. The molecule has 0 bridgehead atoms. The molecule has 0 atom stereocenters. The van der Waals surface area contributed by atoms with E-state index in [1.165, 1.54) is 12.8 Å². The lowest BCUT2D eigenvalue weighted by Gasteiger charge is -2.10. The van der Waals surface area contributed by atoms with Crippen LogP contribution in [0.4, 0.5) is 0 Å². The monoisotopic (exact) mass is 365 g/mol. The van der Waals surface area contributed by atoms with E-state index in [1.54, 1.807) is 10.7 Å². The number of aromatic nitrogens is 4. The summed E-state index contributed by atoms with van der Waals surface area (Å²) in [4.78, 5) is 12.2. The Labute approximate surface area is 138 Å². The highest BCUT2D eigenvalue weighted by Crippen LogP contribution is 2.20. The van der Waals surface area contributed by atoms with Gasteiger partial charge in [-0.1, -0.05) is 12.8 Å². The molecule has 7 heteroatoms. The number of aryl methyl sites for hydroxylation is 1. The molecule has 118 valence electrons. The molecule has 2 aromatic rings. The molecule has 2 aromatic heterocycles. The topological polar surface area (TPSA) is 64.7 Å². The molecule has 1 N–H and O–H groups in total. The second-order valence-electron chi connectivity index (χ2n) is 5.82. The molecule has 0 aliphatic heterocycles. The molecule has 0 spiro atoms. The maximum absolute atomic E-state index is 12.2. The van der Waals surface area contributed by atoms with Crippen molar-refractivity contribution in [1.29, 1.82) is 0 Å². The van der Waals surface area contributed by atoms with E-state index in [9.17, 15) is 4.79 Å². The van der Waals surface area contributed by atoms with Crippen molar-refractivity contribution in [3.63, 3.8) is 0 Å². The molecule has 6 nitrogen and oxygen atoms in total. The molecule has 1 fully saturated rings. The van der Waals surface area contributed by atoms with E-state index in [1.807, 2.05) is 24.7 Å². The lowest BCUT2D eigenvalue weighted by atomic mass is 10.2. The van der Waals surface area contributed by atoms with Gasteiger partial charge in [0.25, 0.3) is 5.91 Å². The van der Waals surface area contributed by atoms with Crippen molar-refractivity contribution in [3.05, 3.63) is 33.8 Å². The first kappa shape index (κ1) is 15.3. The van der Waals surface area contributed by atoms with Gasteiger partial charge in [0.05, 0.1) is 15.9 Å². The summed E-state index contributed by atoms with van der Waals surface area (Å²) in [6.45, 7) is 4.45. The van der Waals surface area contributed by atoms with Crippen molar-refractivity contribution in [1.82, 2.24) is 24.9 Å². The lowest BCUT2D eigenvalue weighted by molar-refractivity contribution is 0.0932. The second kappa shape index (κ2) is 6.24. The maximum Gasteiger partial charge on any atom is 0.271 e. The van der Waals surface area contributed by atoms with Gasteiger partial charge in [0.15, 0.2) is 0 Å². The molecule has 2 heterocycles. The summed E-state index contributed by atoms with van der Waals surface area (Å²) in [5.41, 5.74) is 2.46. The van der Waals surface area contributed by atoms with Crippen molar-refractivity contribution >= 4 is 21.8 Å². The first-order valence-corrected chi connectivity index (χ1v) is 8.37. The van der Waals surface area contributed by atoms with Gasteiger partial charge in [-0.05, 0) is 48.7 Å². The summed E-state index contributed by atoms with van der Waals surface area (Å²) in [7, 11) is 0. The van der Waals surface area contributed by atoms with Crippen LogP contribution in [0, 0.1) is 13.8 Å². The van der Waals surface area contributed by atoms with Crippen LogP contribution in [0.5, 0.6) is 0 Å². The number of amides is 1. The van der Waals surface area contributed by atoms with E-state index < -0.39 is 0 Å². The van der Waals surface area contributed by atoms with Gasteiger partial charge in [-0.15, -0.1) is 0 Å². The van der Waals surface area contributed by atoms with E-state index in [2.05, 4.69) is 31.4 Å². The number of hydrogen-bond acceptors (Lipinski definition) is 3. The first-order valence-electron chi connectivity index (χ1n) is 7.58. The zero-order chi connectivity index (χ0) is 15.7. The largest absolute Gasteiger partial charge is 0.348 e. The smallest absolute Gasteiger partial charge is 0.271 e. The van der Waals surface area contributed by atoms with Crippen LogP contribution in [-0.4, -0.2) is 31.5 Å². The summed E-state index contributed by atoms with van der Waals surface area (Å²) in [5.74, 6) is -0.0831. The van der Waals surface area contributed by atoms with Crippen LogP contribution in [0.2, 0.25) is 0 Å². The average Bonchev–Trinajstić information content (AvgIpc) is 3.20. The minimum Gasteiger partial charge on any atom is -0.348 e. The quantitative estimate of drug-likeness (QED) is 0.905. The first-order chi connectivity index (χ1) is 10.5. The lowest BCUT2D eigenvalue weighted by Crippen LogP contribution is -2.33. The van der Waals surface area contributed by atoms with E-state index in [0.29, 0.717) is 18.4 Å². The minimum absolute atomic E-state index is 0.0831. The number of carbonyl (C=O) groups excluding carboxylic acids is 1. The molecular formula is C15H20BrN5O. The number of rotatable bonds is 4. The molecule has 0 saturated heterocycles. The SMILES string of the molecule is Cc1nn(Cn2ccc(C(=O)NC3CCCC3)n2)c(C)c1Br. The summed E-state index contributed by atoms with van der Waals surface area (Å²) in [5, 5.41) is 11.9. The number of hydrogen-bond donors (Lipinski definition) is 1. The van der Waals surface area contributed by atoms with Gasteiger partial charge in [0.2, 0.25) is 0 Å². The Morgan fingerprint density at radius 1 is 1.36 bits per heavy atom. The van der Waals surface area contributed by atoms with Crippen LogP contribution in [0.3, 0.4) is 0 Å². The minimum atomic E-state index is -0.0831. The fourth-order valence-electron chi connectivity index (χ4n) is 2.84. The fourth-order valence-corrected chi connectivity index (χ4v) is 3.13. The van der Waals surface area contributed by atoms with E-state index in [4.69, 9.17) is 0 Å². The number of nitrogens with one attached hydrogen (secondary N) is 1. The molecule has 0 aromatic carbocycles. The van der Waals surface area contributed by atoms with Crippen molar-refractivity contribution in [3.8, 4) is 0 Å². The van der Waals surface area contributed by atoms with Crippen molar-refractivity contribution in [2.75, 3.05) is 0 Å². The zero-order valence-electron chi connectivity index (χ0n) is 12.8. The number of halogens is 1. The van der Waals surface area contributed by atoms with Crippen molar-refractivity contribution < 1.29 is 4.79 Å². The van der Waals surface area contributed by atoms with Gasteiger partial charge in [-0.2, -0.15) is 10.2 Å². The Morgan fingerprint density at radius 2 is 2.09 bits per heavy atom. The average molecular weight is 366 g/mol. The van der Waals surface area contributed by atoms with E-state index in [-0.39, 0.29) is 5.91 Å². The fraction of sp³-hybridized carbons (Fsp3) is 0.533. The molecule has 22 heavy (non-hydrogen) atoms. The summed E-state index contributed by atoms with van der Waals surface area (Å²) in [6, 6.07) is 2.06. The maximum atomic E-state index is 12.2. The number of nitrogens with zero attached hydrogens (tertiary/aromatic N) is 4. The van der Waals surface area contributed by atoms with Crippen LogP contribution in [0.1, 0.15) is 47.6 Å². The Morgan fingerprint density at radius 3 is 2.73 bits per heavy atom. The van der Waals surface area contributed by atoms with Crippen molar-refractivity contribution in [2.24, 2.45) is 0 Å². The van der Waals surface area contributed by atoms with Crippen LogP contribution >= 0.6 is 15.9 Å². The normalized spacial score (nSPS) is 15.4. The predicted octanol–water partition coefficient (Wildman–Crippen LogP) is 2.64. The van der Waals surface area contributed by atoms with Gasteiger partial charge in [0.1, 0.15) is 12.4 Å². The molecule has 1 amide bonds. The molecular weight excluding hydrogens is 346 g/mol. The second-order valence-corrected chi connectivity index (χ2v) is 6.61. The van der Waals surface area contributed by atoms with Crippen LogP contribution in [0.15, 0.2) is 16.7 Å². The van der Waals surface area contributed by atoms with Gasteiger partial charge < -0.3 is 5.32 Å². The molecule has 1 aliphatic carbocycles. The van der Waals surface area contributed by atoms with Crippen LogP contribution in [-0.2, 0) is 6.67 Å². The van der Waals surface area contributed by atoms with E-state index >= 15 is 0 Å². The number of carbonyl (C=O) groups is 1.